The second-order valence-corrected chi connectivity index (χ2v) is 5.77. The molecule has 0 heterocycles. The van der Waals surface area contributed by atoms with Gasteiger partial charge in [-0.05, 0) is 61.9 Å². The third kappa shape index (κ3) is 5.40. The number of hydrogen-bond acceptors (Lipinski definition) is 5. The van der Waals surface area contributed by atoms with E-state index < -0.39 is 5.91 Å². The molecule has 140 valence electrons. The molecule has 0 aromatic heterocycles. The lowest BCUT2D eigenvalue weighted by molar-refractivity contribution is -0.112. The summed E-state index contributed by atoms with van der Waals surface area (Å²) in [6, 6.07) is 11.6. The van der Waals surface area contributed by atoms with Crippen LogP contribution in [0.25, 0.3) is 6.08 Å². The standard InChI is InChI=1S/C20H19ClN2O4/c1-3-26-16-7-5-15(6-8-16)23-20(25)14(12-22)9-13-10-17(21)19(24)18(11-13)27-4-2/h5-11,24H,3-4H2,1-2H3,(H,23,25)/b14-9-. The highest BCUT2D eigenvalue weighted by Gasteiger charge is 2.13. The van der Waals surface area contributed by atoms with Crippen LogP contribution in [0.5, 0.6) is 17.2 Å². The summed E-state index contributed by atoms with van der Waals surface area (Å²) in [5.41, 5.74) is 0.871. The molecular weight excluding hydrogens is 368 g/mol. The van der Waals surface area contributed by atoms with Crippen LogP contribution in [-0.2, 0) is 4.79 Å². The Morgan fingerprint density at radius 1 is 1.22 bits per heavy atom. The van der Waals surface area contributed by atoms with Crippen molar-refractivity contribution in [1.82, 2.24) is 0 Å². The summed E-state index contributed by atoms with van der Waals surface area (Å²) in [7, 11) is 0. The van der Waals surface area contributed by atoms with Gasteiger partial charge in [0, 0.05) is 5.69 Å². The number of carbonyl (C=O) groups is 1. The number of phenols is 1. The molecule has 27 heavy (non-hydrogen) atoms. The molecule has 2 aromatic rings. The fourth-order valence-corrected chi connectivity index (χ4v) is 2.48. The molecule has 0 atom stereocenters. The minimum atomic E-state index is -0.566. The maximum atomic E-state index is 12.4. The minimum Gasteiger partial charge on any atom is -0.503 e. The van der Waals surface area contributed by atoms with E-state index >= 15 is 0 Å². The Morgan fingerprint density at radius 2 is 1.89 bits per heavy atom. The van der Waals surface area contributed by atoms with E-state index in [4.69, 9.17) is 21.1 Å². The van der Waals surface area contributed by atoms with Crippen LogP contribution < -0.4 is 14.8 Å². The van der Waals surface area contributed by atoms with Crippen molar-refractivity contribution in [1.29, 1.82) is 5.26 Å². The van der Waals surface area contributed by atoms with Crippen LogP contribution in [-0.4, -0.2) is 24.2 Å². The second-order valence-electron chi connectivity index (χ2n) is 5.36. The first-order valence-electron chi connectivity index (χ1n) is 8.29. The van der Waals surface area contributed by atoms with Crippen molar-refractivity contribution < 1.29 is 19.4 Å². The largest absolute Gasteiger partial charge is 0.503 e. The smallest absolute Gasteiger partial charge is 0.266 e. The highest BCUT2D eigenvalue weighted by Crippen LogP contribution is 2.35. The lowest BCUT2D eigenvalue weighted by Crippen LogP contribution is -2.13. The molecule has 0 aliphatic carbocycles. The van der Waals surface area contributed by atoms with Crippen LogP contribution in [0.4, 0.5) is 5.69 Å². The van der Waals surface area contributed by atoms with E-state index in [0.717, 1.165) is 0 Å². The topological polar surface area (TPSA) is 91.6 Å². The van der Waals surface area contributed by atoms with Crippen LogP contribution >= 0.6 is 11.6 Å². The number of ether oxygens (including phenoxy) is 2. The monoisotopic (exact) mass is 386 g/mol. The van der Waals surface area contributed by atoms with E-state index in [9.17, 15) is 15.2 Å². The van der Waals surface area contributed by atoms with Crippen LogP contribution in [0.2, 0.25) is 5.02 Å². The van der Waals surface area contributed by atoms with Gasteiger partial charge in [0.15, 0.2) is 11.5 Å². The lowest BCUT2D eigenvalue weighted by Gasteiger charge is -2.09. The molecule has 7 heteroatoms. The molecular formula is C20H19ClN2O4. The van der Waals surface area contributed by atoms with E-state index in [1.165, 1.54) is 18.2 Å². The van der Waals surface area contributed by atoms with E-state index in [0.29, 0.717) is 30.2 Å². The molecule has 0 saturated heterocycles. The van der Waals surface area contributed by atoms with Gasteiger partial charge in [-0.1, -0.05) is 11.6 Å². The van der Waals surface area contributed by atoms with Gasteiger partial charge in [0.05, 0.1) is 18.2 Å². The number of nitrogens with one attached hydrogen (secondary N) is 1. The van der Waals surface area contributed by atoms with Crippen LogP contribution in [0.3, 0.4) is 0 Å². The highest BCUT2D eigenvalue weighted by molar-refractivity contribution is 6.32. The molecule has 0 fully saturated rings. The summed E-state index contributed by atoms with van der Waals surface area (Å²) in [6.07, 6.45) is 1.37. The fraction of sp³-hybridized carbons (Fsp3) is 0.200. The Hall–Kier alpha value is -3.17. The third-order valence-electron chi connectivity index (χ3n) is 3.45. The van der Waals surface area contributed by atoms with Crippen molar-refractivity contribution in [2.75, 3.05) is 18.5 Å². The number of aromatic hydroxyl groups is 1. The summed E-state index contributed by atoms with van der Waals surface area (Å²) in [5.74, 6) is 0.117. The lowest BCUT2D eigenvalue weighted by atomic mass is 10.1. The molecule has 0 aliphatic heterocycles. The van der Waals surface area contributed by atoms with Gasteiger partial charge < -0.3 is 19.9 Å². The third-order valence-corrected chi connectivity index (χ3v) is 3.74. The van der Waals surface area contributed by atoms with Crippen molar-refractivity contribution in [2.45, 2.75) is 13.8 Å². The molecule has 2 aromatic carbocycles. The molecule has 1 amide bonds. The molecule has 2 N–H and O–H groups in total. The van der Waals surface area contributed by atoms with Crippen LogP contribution in [0, 0.1) is 11.3 Å². The predicted molar refractivity (Wildman–Crippen MR) is 104 cm³/mol. The molecule has 0 spiro atoms. The Labute approximate surface area is 162 Å². The second kappa shape index (κ2) is 9.51. The van der Waals surface area contributed by atoms with Gasteiger partial charge >= 0.3 is 0 Å². The summed E-state index contributed by atoms with van der Waals surface area (Å²) in [5, 5.41) is 21.9. The minimum absolute atomic E-state index is 0.0661. The first kappa shape index (κ1) is 20.1. The zero-order valence-corrected chi connectivity index (χ0v) is 15.7. The van der Waals surface area contributed by atoms with Gasteiger partial charge in [-0.2, -0.15) is 5.26 Å². The van der Waals surface area contributed by atoms with E-state index in [1.54, 1.807) is 31.2 Å². The van der Waals surface area contributed by atoms with Crippen molar-refractivity contribution in [3.8, 4) is 23.3 Å². The number of phenolic OH excluding ortho intramolecular Hbond substituents is 1. The van der Waals surface area contributed by atoms with Gasteiger partial charge in [0.2, 0.25) is 0 Å². The number of carbonyl (C=O) groups excluding carboxylic acids is 1. The predicted octanol–water partition coefficient (Wildman–Crippen LogP) is 4.39. The summed E-state index contributed by atoms with van der Waals surface area (Å²) >= 11 is 5.98. The summed E-state index contributed by atoms with van der Waals surface area (Å²) in [6.45, 7) is 4.53. The van der Waals surface area contributed by atoms with Gasteiger partial charge in [-0.25, -0.2) is 0 Å². The Morgan fingerprint density at radius 3 is 2.48 bits per heavy atom. The molecule has 2 rings (SSSR count). The molecule has 0 bridgehead atoms. The van der Waals surface area contributed by atoms with E-state index in [-0.39, 0.29) is 22.1 Å². The molecule has 6 nitrogen and oxygen atoms in total. The number of rotatable bonds is 7. The van der Waals surface area contributed by atoms with Crippen LogP contribution in [0.15, 0.2) is 42.0 Å². The number of nitrogens with zero attached hydrogens (tertiary/aromatic N) is 1. The zero-order valence-electron chi connectivity index (χ0n) is 15.0. The van der Waals surface area contributed by atoms with Crippen molar-refractivity contribution >= 4 is 29.3 Å². The van der Waals surface area contributed by atoms with Crippen molar-refractivity contribution in [3.63, 3.8) is 0 Å². The van der Waals surface area contributed by atoms with Gasteiger partial charge in [0.25, 0.3) is 5.91 Å². The van der Waals surface area contributed by atoms with Crippen molar-refractivity contribution in [2.24, 2.45) is 0 Å². The first-order valence-corrected chi connectivity index (χ1v) is 8.67. The fourth-order valence-electron chi connectivity index (χ4n) is 2.26. The molecule has 0 saturated carbocycles. The number of nitriles is 1. The van der Waals surface area contributed by atoms with Gasteiger partial charge in [0.1, 0.15) is 17.4 Å². The number of anilines is 1. The number of amides is 1. The van der Waals surface area contributed by atoms with Gasteiger partial charge in [-0.3, -0.25) is 4.79 Å². The summed E-state index contributed by atoms with van der Waals surface area (Å²) < 4.78 is 10.6. The number of hydrogen-bond donors (Lipinski definition) is 2. The molecule has 0 aliphatic rings. The Bertz CT molecular complexity index is 886. The van der Waals surface area contributed by atoms with Gasteiger partial charge in [-0.15, -0.1) is 0 Å². The van der Waals surface area contributed by atoms with E-state index in [2.05, 4.69) is 5.32 Å². The average molecular weight is 387 g/mol. The molecule has 0 radical (unpaired) electrons. The normalized spacial score (nSPS) is 10.8. The highest BCUT2D eigenvalue weighted by atomic mass is 35.5. The van der Waals surface area contributed by atoms with E-state index in [1.807, 2.05) is 13.0 Å². The van der Waals surface area contributed by atoms with Crippen molar-refractivity contribution in [3.05, 3.63) is 52.6 Å². The Kier molecular flexibility index (Phi) is 7.09. The summed E-state index contributed by atoms with van der Waals surface area (Å²) in [4.78, 5) is 12.4. The SMILES string of the molecule is CCOc1ccc(NC(=O)/C(C#N)=C\c2cc(Cl)c(O)c(OCC)c2)cc1. The molecule has 0 unspecified atom stereocenters. The number of benzene rings is 2. The maximum absolute atomic E-state index is 12.4. The average Bonchev–Trinajstić information content (AvgIpc) is 2.65. The first-order chi connectivity index (χ1) is 13.0. The van der Waals surface area contributed by atoms with Crippen LogP contribution in [0.1, 0.15) is 19.4 Å². The maximum Gasteiger partial charge on any atom is 0.266 e. The Balaban J connectivity index is 2.22. The zero-order chi connectivity index (χ0) is 19.8. The number of halogens is 1. The quantitative estimate of drug-likeness (QED) is 0.544.